The fourth-order valence-electron chi connectivity index (χ4n) is 4.68. The molecule has 1 aliphatic heterocycles. The summed E-state index contributed by atoms with van der Waals surface area (Å²) in [6.07, 6.45) is 4.12. The highest BCUT2D eigenvalue weighted by Crippen LogP contribution is 2.26. The normalized spacial score (nSPS) is 17.4. The Hall–Kier alpha value is -2.73. The standard InChI is InChI=1S/C26H34N4O2/c1-17(2)25-28-23-10-8-20(21-9-11-24(32-5)27-14-21)13-22(23)26(31)30(25)16-19-7-6-12-29(15-19)18(3)4/h8-11,13-14,17-19H,6-7,12,15-16H2,1-5H3/t19-/m0/s1. The quantitative estimate of drug-likeness (QED) is 0.562. The molecule has 0 bridgehead atoms. The SMILES string of the molecule is COc1ccc(-c2ccc3nc(C(C)C)n(C[C@H]4CCCN(C(C)C)C4)c(=O)c3c2)cn1. The number of pyridine rings is 1. The Morgan fingerprint density at radius 2 is 1.91 bits per heavy atom. The second-order valence-corrected chi connectivity index (χ2v) is 9.46. The van der Waals surface area contributed by atoms with Crippen molar-refractivity contribution in [3.63, 3.8) is 0 Å². The molecular weight excluding hydrogens is 400 g/mol. The first kappa shape index (κ1) is 22.5. The second kappa shape index (κ2) is 9.41. The Kier molecular flexibility index (Phi) is 6.60. The van der Waals surface area contributed by atoms with Crippen molar-refractivity contribution in [3.05, 3.63) is 52.7 Å². The maximum atomic E-state index is 13.7. The zero-order valence-electron chi connectivity index (χ0n) is 19.8. The molecule has 1 saturated heterocycles. The zero-order valence-corrected chi connectivity index (χ0v) is 19.8. The Balaban J connectivity index is 1.74. The number of nitrogens with zero attached hydrogens (tertiary/aromatic N) is 4. The molecule has 0 saturated carbocycles. The van der Waals surface area contributed by atoms with Crippen molar-refractivity contribution in [2.75, 3.05) is 20.2 Å². The molecule has 0 radical (unpaired) electrons. The van der Waals surface area contributed by atoms with Gasteiger partial charge in [-0.25, -0.2) is 9.97 Å². The Labute approximate surface area is 190 Å². The van der Waals surface area contributed by atoms with Gasteiger partial charge in [-0.05, 0) is 62.9 Å². The summed E-state index contributed by atoms with van der Waals surface area (Å²) < 4.78 is 7.10. The highest BCUT2D eigenvalue weighted by Gasteiger charge is 2.24. The van der Waals surface area contributed by atoms with Gasteiger partial charge in [-0.15, -0.1) is 0 Å². The van der Waals surface area contributed by atoms with Gasteiger partial charge in [-0.2, -0.15) is 0 Å². The summed E-state index contributed by atoms with van der Waals surface area (Å²) in [6.45, 7) is 11.6. The van der Waals surface area contributed by atoms with Crippen LogP contribution in [0.4, 0.5) is 0 Å². The van der Waals surface area contributed by atoms with Crippen LogP contribution in [0.5, 0.6) is 5.88 Å². The zero-order chi connectivity index (χ0) is 22.8. The fourth-order valence-corrected chi connectivity index (χ4v) is 4.68. The Bertz CT molecular complexity index is 1140. The molecule has 4 rings (SSSR count). The maximum absolute atomic E-state index is 13.7. The Morgan fingerprint density at radius 3 is 2.56 bits per heavy atom. The summed E-state index contributed by atoms with van der Waals surface area (Å²) in [4.78, 5) is 25.5. The van der Waals surface area contributed by atoms with Crippen LogP contribution >= 0.6 is 0 Å². The van der Waals surface area contributed by atoms with Gasteiger partial charge in [0, 0.05) is 42.9 Å². The smallest absolute Gasteiger partial charge is 0.261 e. The summed E-state index contributed by atoms with van der Waals surface area (Å²) in [7, 11) is 1.60. The molecule has 1 atom stereocenters. The van der Waals surface area contributed by atoms with Gasteiger partial charge >= 0.3 is 0 Å². The number of methoxy groups -OCH3 is 1. The largest absolute Gasteiger partial charge is 0.481 e. The lowest BCUT2D eigenvalue weighted by Gasteiger charge is -2.36. The van der Waals surface area contributed by atoms with Crippen LogP contribution in [0, 0.1) is 5.92 Å². The van der Waals surface area contributed by atoms with Crippen LogP contribution < -0.4 is 10.3 Å². The van der Waals surface area contributed by atoms with E-state index in [4.69, 9.17) is 9.72 Å². The first-order chi connectivity index (χ1) is 15.4. The van der Waals surface area contributed by atoms with Crippen LogP contribution in [0.15, 0.2) is 41.3 Å². The molecule has 0 N–H and O–H groups in total. The van der Waals surface area contributed by atoms with Crippen LogP contribution in [-0.2, 0) is 6.54 Å². The van der Waals surface area contributed by atoms with Crippen molar-refractivity contribution < 1.29 is 4.74 Å². The van der Waals surface area contributed by atoms with Gasteiger partial charge in [0.25, 0.3) is 5.56 Å². The van der Waals surface area contributed by atoms with Gasteiger partial charge < -0.3 is 9.64 Å². The number of benzene rings is 1. The molecule has 2 aromatic heterocycles. The van der Waals surface area contributed by atoms with E-state index in [1.807, 2.05) is 34.9 Å². The summed E-state index contributed by atoms with van der Waals surface area (Å²) in [5.41, 5.74) is 2.72. The highest BCUT2D eigenvalue weighted by atomic mass is 16.5. The van der Waals surface area contributed by atoms with E-state index in [0.717, 1.165) is 48.5 Å². The number of rotatable bonds is 6. The Morgan fingerprint density at radius 1 is 1.12 bits per heavy atom. The molecule has 0 spiro atoms. The molecule has 1 aliphatic rings. The predicted molar refractivity (Wildman–Crippen MR) is 129 cm³/mol. The number of fused-ring (bicyclic) bond motifs is 1. The summed E-state index contributed by atoms with van der Waals surface area (Å²) >= 11 is 0. The fraction of sp³-hybridized carbons (Fsp3) is 0.500. The number of piperidine rings is 1. The van der Waals surface area contributed by atoms with E-state index in [-0.39, 0.29) is 11.5 Å². The number of aromatic nitrogens is 3. The molecule has 1 fully saturated rings. The molecular formula is C26H34N4O2. The van der Waals surface area contributed by atoms with Gasteiger partial charge in [0.15, 0.2) is 0 Å². The number of ether oxygens (including phenoxy) is 1. The molecule has 6 heteroatoms. The van der Waals surface area contributed by atoms with Crippen LogP contribution in [0.3, 0.4) is 0 Å². The molecule has 32 heavy (non-hydrogen) atoms. The van der Waals surface area contributed by atoms with Gasteiger partial charge in [0.1, 0.15) is 5.82 Å². The van der Waals surface area contributed by atoms with E-state index in [0.29, 0.717) is 23.2 Å². The molecule has 0 amide bonds. The number of hydrogen-bond acceptors (Lipinski definition) is 5. The van der Waals surface area contributed by atoms with Crippen molar-refractivity contribution in [2.24, 2.45) is 5.92 Å². The maximum Gasteiger partial charge on any atom is 0.261 e. The lowest BCUT2D eigenvalue weighted by Crippen LogP contribution is -2.42. The van der Waals surface area contributed by atoms with Crippen LogP contribution in [0.1, 0.15) is 52.3 Å². The van der Waals surface area contributed by atoms with Crippen LogP contribution in [0.2, 0.25) is 0 Å². The molecule has 6 nitrogen and oxygen atoms in total. The van der Waals surface area contributed by atoms with Gasteiger partial charge in [0.05, 0.1) is 18.0 Å². The van der Waals surface area contributed by atoms with Gasteiger partial charge in [-0.3, -0.25) is 9.36 Å². The summed E-state index contributed by atoms with van der Waals surface area (Å²) in [6, 6.07) is 10.2. The monoisotopic (exact) mass is 434 g/mol. The number of likely N-dealkylation sites (tertiary alicyclic amines) is 1. The van der Waals surface area contributed by atoms with Crippen LogP contribution in [-0.4, -0.2) is 45.7 Å². The van der Waals surface area contributed by atoms with E-state index in [9.17, 15) is 4.79 Å². The summed E-state index contributed by atoms with van der Waals surface area (Å²) in [5, 5.41) is 0.666. The van der Waals surface area contributed by atoms with Crippen molar-refractivity contribution in [2.45, 2.75) is 59.0 Å². The minimum Gasteiger partial charge on any atom is -0.481 e. The van der Waals surface area contributed by atoms with E-state index >= 15 is 0 Å². The first-order valence-electron chi connectivity index (χ1n) is 11.7. The highest BCUT2D eigenvalue weighted by molar-refractivity contribution is 5.83. The second-order valence-electron chi connectivity index (χ2n) is 9.46. The first-order valence-corrected chi connectivity index (χ1v) is 11.7. The van der Waals surface area contributed by atoms with E-state index < -0.39 is 0 Å². The topological polar surface area (TPSA) is 60.2 Å². The van der Waals surface area contributed by atoms with E-state index in [2.05, 4.69) is 37.6 Å². The average Bonchev–Trinajstić information content (AvgIpc) is 2.80. The van der Waals surface area contributed by atoms with Crippen molar-refractivity contribution in [3.8, 4) is 17.0 Å². The van der Waals surface area contributed by atoms with E-state index in [1.54, 1.807) is 13.3 Å². The average molecular weight is 435 g/mol. The van der Waals surface area contributed by atoms with E-state index in [1.165, 1.54) is 6.42 Å². The molecule has 3 heterocycles. The van der Waals surface area contributed by atoms with Crippen molar-refractivity contribution in [1.82, 2.24) is 19.4 Å². The van der Waals surface area contributed by atoms with Gasteiger partial charge in [0.2, 0.25) is 5.88 Å². The lowest BCUT2D eigenvalue weighted by atomic mass is 9.96. The lowest BCUT2D eigenvalue weighted by molar-refractivity contribution is 0.129. The third-order valence-electron chi connectivity index (χ3n) is 6.50. The molecule has 0 unspecified atom stereocenters. The minimum absolute atomic E-state index is 0.0590. The van der Waals surface area contributed by atoms with Crippen molar-refractivity contribution >= 4 is 10.9 Å². The van der Waals surface area contributed by atoms with Crippen molar-refractivity contribution in [1.29, 1.82) is 0 Å². The molecule has 0 aliphatic carbocycles. The molecule has 170 valence electrons. The third kappa shape index (κ3) is 4.56. The molecule has 3 aromatic rings. The summed E-state index contributed by atoms with van der Waals surface area (Å²) in [5.74, 6) is 2.10. The number of hydrogen-bond donors (Lipinski definition) is 0. The predicted octanol–water partition coefficient (Wildman–Crippen LogP) is 4.71. The third-order valence-corrected chi connectivity index (χ3v) is 6.50. The van der Waals surface area contributed by atoms with Crippen LogP contribution in [0.25, 0.3) is 22.0 Å². The van der Waals surface area contributed by atoms with Gasteiger partial charge in [-0.1, -0.05) is 19.9 Å². The minimum atomic E-state index is 0.0590. The molecule has 1 aromatic carbocycles.